The smallest absolute Gasteiger partial charge is 0.224 e. The quantitative estimate of drug-likeness (QED) is 0.892. The molecule has 1 unspecified atom stereocenters. The van der Waals surface area contributed by atoms with Crippen molar-refractivity contribution in [3.05, 3.63) is 66.0 Å². The lowest BCUT2D eigenvalue weighted by Crippen LogP contribution is -2.37. The highest BCUT2D eigenvalue weighted by atomic mass is 16.2. The SMILES string of the molecule is NC[C@H]1CCC[C@H]1C(=O)NC(c1ccccc1)c1cccnc1. The molecule has 0 bridgehead atoms. The number of carbonyl (C=O) groups is 1. The monoisotopic (exact) mass is 309 g/mol. The molecular formula is C19H23N3O. The van der Waals surface area contributed by atoms with Gasteiger partial charge in [0.05, 0.1) is 6.04 Å². The van der Waals surface area contributed by atoms with Crippen LogP contribution in [0.4, 0.5) is 0 Å². The lowest BCUT2D eigenvalue weighted by atomic mass is 9.93. The van der Waals surface area contributed by atoms with E-state index in [1.165, 1.54) is 0 Å². The lowest BCUT2D eigenvalue weighted by Gasteiger charge is -2.24. The van der Waals surface area contributed by atoms with Crippen molar-refractivity contribution in [3.63, 3.8) is 0 Å². The molecule has 1 saturated carbocycles. The van der Waals surface area contributed by atoms with Crippen LogP contribution in [0.5, 0.6) is 0 Å². The van der Waals surface area contributed by atoms with Gasteiger partial charge in [-0.1, -0.05) is 42.8 Å². The van der Waals surface area contributed by atoms with Crippen LogP contribution in [0, 0.1) is 11.8 Å². The molecule has 3 atom stereocenters. The van der Waals surface area contributed by atoms with Gasteiger partial charge in [-0.15, -0.1) is 0 Å². The summed E-state index contributed by atoms with van der Waals surface area (Å²) in [5, 5.41) is 3.22. The molecule has 1 aliphatic rings. The minimum Gasteiger partial charge on any atom is -0.345 e. The Labute approximate surface area is 137 Å². The van der Waals surface area contributed by atoms with E-state index >= 15 is 0 Å². The van der Waals surface area contributed by atoms with E-state index in [4.69, 9.17) is 5.73 Å². The van der Waals surface area contributed by atoms with Crippen LogP contribution in [0.3, 0.4) is 0 Å². The van der Waals surface area contributed by atoms with E-state index in [2.05, 4.69) is 10.3 Å². The summed E-state index contributed by atoms with van der Waals surface area (Å²) in [6.07, 6.45) is 6.63. The standard InChI is InChI=1S/C19H23N3O/c20-12-15-8-4-10-17(15)19(23)22-18(14-6-2-1-3-7-14)16-9-5-11-21-13-16/h1-3,5-7,9,11,13,15,17-18H,4,8,10,12,20H2,(H,22,23)/t15-,17-,18?/m1/s1. The number of carbonyl (C=O) groups excluding carboxylic acids is 1. The van der Waals surface area contributed by atoms with Gasteiger partial charge in [-0.3, -0.25) is 9.78 Å². The first-order chi connectivity index (χ1) is 11.3. The summed E-state index contributed by atoms with van der Waals surface area (Å²) in [6, 6.07) is 13.8. The highest BCUT2D eigenvalue weighted by Crippen LogP contribution is 2.32. The number of aromatic nitrogens is 1. The molecule has 3 N–H and O–H groups in total. The van der Waals surface area contributed by atoms with Crippen molar-refractivity contribution in [2.75, 3.05) is 6.54 Å². The second-order valence-corrected chi connectivity index (χ2v) is 6.17. The molecule has 23 heavy (non-hydrogen) atoms. The van der Waals surface area contributed by atoms with Gasteiger partial charge in [-0.05, 0) is 42.5 Å². The number of nitrogens with two attached hydrogens (primary N) is 1. The molecule has 2 aromatic rings. The fourth-order valence-electron chi connectivity index (χ4n) is 3.46. The number of rotatable bonds is 5. The van der Waals surface area contributed by atoms with E-state index < -0.39 is 0 Å². The van der Waals surface area contributed by atoms with Gasteiger partial charge in [0.25, 0.3) is 0 Å². The third kappa shape index (κ3) is 3.59. The van der Waals surface area contributed by atoms with Crippen molar-refractivity contribution in [2.24, 2.45) is 17.6 Å². The fraction of sp³-hybridized carbons (Fsp3) is 0.368. The van der Waals surface area contributed by atoms with Crippen LogP contribution in [0.1, 0.15) is 36.4 Å². The van der Waals surface area contributed by atoms with Gasteiger partial charge in [0.1, 0.15) is 0 Å². The molecular weight excluding hydrogens is 286 g/mol. The van der Waals surface area contributed by atoms with E-state index in [9.17, 15) is 4.79 Å². The highest BCUT2D eigenvalue weighted by Gasteiger charge is 2.33. The number of amides is 1. The van der Waals surface area contributed by atoms with Gasteiger partial charge < -0.3 is 11.1 Å². The zero-order chi connectivity index (χ0) is 16.1. The van der Waals surface area contributed by atoms with Crippen LogP contribution in [-0.4, -0.2) is 17.4 Å². The molecule has 0 spiro atoms. The van der Waals surface area contributed by atoms with Crippen molar-refractivity contribution < 1.29 is 4.79 Å². The van der Waals surface area contributed by atoms with Crippen LogP contribution in [-0.2, 0) is 4.79 Å². The number of nitrogens with one attached hydrogen (secondary N) is 1. The Balaban J connectivity index is 1.83. The maximum atomic E-state index is 12.8. The van der Waals surface area contributed by atoms with Gasteiger partial charge in [0.2, 0.25) is 5.91 Å². The normalized spacial score (nSPS) is 21.8. The molecule has 4 nitrogen and oxygen atoms in total. The number of nitrogens with zero attached hydrogens (tertiary/aromatic N) is 1. The predicted octanol–water partition coefficient (Wildman–Crippen LogP) is 2.66. The zero-order valence-corrected chi connectivity index (χ0v) is 13.2. The summed E-state index contributed by atoms with van der Waals surface area (Å²) < 4.78 is 0. The fourth-order valence-corrected chi connectivity index (χ4v) is 3.46. The molecule has 1 heterocycles. The lowest BCUT2D eigenvalue weighted by molar-refractivity contribution is -0.126. The first-order valence-corrected chi connectivity index (χ1v) is 8.25. The van der Waals surface area contributed by atoms with Crippen LogP contribution >= 0.6 is 0 Å². The molecule has 1 aromatic heterocycles. The largest absolute Gasteiger partial charge is 0.345 e. The first-order valence-electron chi connectivity index (χ1n) is 8.25. The van der Waals surface area contributed by atoms with Gasteiger partial charge in [0.15, 0.2) is 0 Å². The number of hydrogen-bond acceptors (Lipinski definition) is 3. The topological polar surface area (TPSA) is 68.0 Å². The maximum Gasteiger partial charge on any atom is 0.224 e. The van der Waals surface area contributed by atoms with Gasteiger partial charge >= 0.3 is 0 Å². The van der Waals surface area contributed by atoms with Crippen LogP contribution in [0.25, 0.3) is 0 Å². The Morgan fingerprint density at radius 2 is 1.96 bits per heavy atom. The molecule has 0 radical (unpaired) electrons. The van der Waals surface area contributed by atoms with E-state index in [-0.39, 0.29) is 17.9 Å². The van der Waals surface area contributed by atoms with E-state index in [1.807, 2.05) is 48.7 Å². The van der Waals surface area contributed by atoms with Crippen molar-refractivity contribution in [1.82, 2.24) is 10.3 Å². The van der Waals surface area contributed by atoms with E-state index in [1.54, 1.807) is 6.20 Å². The Morgan fingerprint density at radius 1 is 1.17 bits per heavy atom. The third-order valence-electron chi connectivity index (χ3n) is 4.74. The molecule has 1 amide bonds. The molecule has 0 aliphatic heterocycles. The summed E-state index contributed by atoms with van der Waals surface area (Å²) in [5.41, 5.74) is 7.89. The molecule has 1 fully saturated rings. The van der Waals surface area contributed by atoms with Crippen molar-refractivity contribution >= 4 is 5.91 Å². The summed E-state index contributed by atoms with van der Waals surface area (Å²) in [4.78, 5) is 17.0. The summed E-state index contributed by atoms with van der Waals surface area (Å²) >= 11 is 0. The second-order valence-electron chi connectivity index (χ2n) is 6.17. The second kappa shape index (κ2) is 7.38. The first kappa shape index (κ1) is 15.7. The van der Waals surface area contributed by atoms with Crippen LogP contribution in [0.2, 0.25) is 0 Å². The molecule has 3 rings (SSSR count). The average molecular weight is 309 g/mol. The van der Waals surface area contributed by atoms with Crippen molar-refractivity contribution in [1.29, 1.82) is 0 Å². The van der Waals surface area contributed by atoms with Gasteiger partial charge in [0, 0.05) is 18.3 Å². The van der Waals surface area contributed by atoms with Gasteiger partial charge in [-0.2, -0.15) is 0 Å². The molecule has 0 saturated heterocycles. The Kier molecular flexibility index (Phi) is 5.03. The van der Waals surface area contributed by atoms with E-state index in [0.29, 0.717) is 12.5 Å². The van der Waals surface area contributed by atoms with Crippen LogP contribution in [0.15, 0.2) is 54.9 Å². The predicted molar refractivity (Wildman–Crippen MR) is 90.6 cm³/mol. The molecule has 120 valence electrons. The number of pyridine rings is 1. The summed E-state index contributed by atoms with van der Waals surface area (Å²) in [6.45, 7) is 0.584. The summed E-state index contributed by atoms with van der Waals surface area (Å²) in [5.74, 6) is 0.443. The highest BCUT2D eigenvalue weighted by molar-refractivity contribution is 5.80. The Bertz CT molecular complexity index is 590. The minimum absolute atomic E-state index is 0.0304. The Hall–Kier alpha value is -2.20. The van der Waals surface area contributed by atoms with E-state index in [0.717, 1.165) is 30.4 Å². The number of hydrogen-bond donors (Lipinski definition) is 2. The summed E-state index contributed by atoms with van der Waals surface area (Å²) in [7, 11) is 0. The molecule has 1 aliphatic carbocycles. The van der Waals surface area contributed by atoms with Crippen molar-refractivity contribution in [3.8, 4) is 0 Å². The Morgan fingerprint density at radius 3 is 2.65 bits per heavy atom. The number of benzene rings is 1. The van der Waals surface area contributed by atoms with Crippen molar-refractivity contribution in [2.45, 2.75) is 25.3 Å². The molecule has 4 heteroatoms. The van der Waals surface area contributed by atoms with Crippen LogP contribution < -0.4 is 11.1 Å². The third-order valence-corrected chi connectivity index (χ3v) is 4.74. The average Bonchev–Trinajstić information content (AvgIpc) is 3.10. The van der Waals surface area contributed by atoms with Gasteiger partial charge in [-0.25, -0.2) is 0 Å². The zero-order valence-electron chi connectivity index (χ0n) is 13.2. The minimum atomic E-state index is -0.170. The maximum absolute atomic E-state index is 12.8. The molecule has 1 aromatic carbocycles.